The first-order valence-corrected chi connectivity index (χ1v) is 9.71. The van der Waals surface area contributed by atoms with Gasteiger partial charge in [-0.2, -0.15) is 5.10 Å². The van der Waals surface area contributed by atoms with E-state index in [1.807, 2.05) is 30.3 Å². The van der Waals surface area contributed by atoms with E-state index in [0.717, 1.165) is 0 Å². The highest BCUT2D eigenvalue weighted by molar-refractivity contribution is 6.04. The molecule has 8 heteroatoms. The molecule has 0 saturated carbocycles. The number of carbonyl (C=O) groups is 2. The summed E-state index contributed by atoms with van der Waals surface area (Å²) in [5.74, 6) is 0.425. The van der Waals surface area contributed by atoms with Gasteiger partial charge in [-0.25, -0.2) is 4.79 Å². The lowest BCUT2D eigenvalue weighted by atomic mass is 10.2. The molecule has 160 valence electrons. The molecule has 2 N–H and O–H groups in total. The molecule has 2 aromatic carbocycles. The van der Waals surface area contributed by atoms with Crippen molar-refractivity contribution >= 4 is 17.7 Å². The zero-order chi connectivity index (χ0) is 22.3. The number of para-hydroxylation sites is 1. The first kappa shape index (κ1) is 21.8. The molecule has 0 spiro atoms. The molecule has 2 amide bonds. The van der Waals surface area contributed by atoms with Crippen LogP contribution in [0.3, 0.4) is 0 Å². The van der Waals surface area contributed by atoms with Gasteiger partial charge < -0.3 is 20.1 Å². The monoisotopic (exact) mass is 420 g/mol. The summed E-state index contributed by atoms with van der Waals surface area (Å²) in [5.41, 5.74) is 1.26. The first-order chi connectivity index (χ1) is 14.8. The number of carbonyl (C=O) groups excluding carboxylic acids is 2. The molecule has 0 aliphatic heterocycles. The number of hydrogen-bond donors (Lipinski definition) is 2. The van der Waals surface area contributed by atoms with Gasteiger partial charge in [0.2, 0.25) is 5.88 Å². The van der Waals surface area contributed by atoms with Gasteiger partial charge in [-0.3, -0.25) is 4.79 Å². The van der Waals surface area contributed by atoms with Crippen molar-refractivity contribution in [3.05, 3.63) is 78.0 Å². The number of aromatic nitrogens is 2. The average molecular weight is 420 g/mol. The van der Waals surface area contributed by atoms with Gasteiger partial charge in [0.05, 0.1) is 6.20 Å². The summed E-state index contributed by atoms with van der Waals surface area (Å²) in [6.07, 6.45) is 0.998. The number of amides is 2. The molecule has 31 heavy (non-hydrogen) atoms. The third-order valence-electron chi connectivity index (χ3n) is 3.87. The van der Waals surface area contributed by atoms with Gasteiger partial charge in [-0.15, -0.1) is 5.10 Å². The number of anilines is 1. The SMILES string of the molecule is CC(C)(C)OC(=O)NCc1cnnc(Oc2cccc(C(=O)Nc3ccccc3)c2)c1. The molecular formula is C23H24N4O4. The third kappa shape index (κ3) is 7.11. The zero-order valence-corrected chi connectivity index (χ0v) is 17.6. The highest BCUT2D eigenvalue weighted by Gasteiger charge is 2.16. The standard InChI is InChI=1S/C23H24N4O4/c1-23(2,3)31-22(29)24-14-16-12-20(27-25-15-16)30-19-11-7-8-17(13-19)21(28)26-18-9-5-4-6-10-18/h4-13,15H,14H2,1-3H3,(H,24,29)(H,26,28). The predicted molar refractivity (Wildman–Crippen MR) is 116 cm³/mol. The second-order valence-corrected chi connectivity index (χ2v) is 7.71. The average Bonchev–Trinajstić information content (AvgIpc) is 2.72. The molecule has 1 aromatic heterocycles. The van der Waals surface area contributed by atoms with Crippen LogP contribution in [0.2, 0.25) is 0 Å². The maximum atomic E-state index is 12.5. The third-order valence-corrected chi connectivity index (χ3v) is 3.87. The van der Waals surface area contributed by atoms with Crippen LogP contribution in [-0.2, 0) is 11.3 Å². The van der Waals surface area contributed by atoms with E-state index in [-0.39, 0.29) is 18.3 Å². The Morgan fingerprint density at radius 1 is 1.00 bits per heavy atom. The molecule has 0 bridgehead atoms. The van der Waals surface area contributed by atoms with Crippen LogP contribution in [0.25, 0.3) is 0 Å². The van der Waals surface area contributed by atoms with E-state index >= 15 is 0 Å². The Morgan fingerprint density at radius 2 is 1.77 bits per heavy atom. The molecule has 0 atom stereocenters. The summed E-state index contributed by atoms with van der Waals surface area (Å²) < 4.78 is 11.0. The van der Waals surface area contributed by atoms with Crippen molar-refractivity contribution in [2.24, 2.45) is 0 Å². The summed E-state index contributed by atoms with van der Waals surface area (Å²) >= 11 is 0. The number of alkyl carbamates (subject to hydrolysis) is 1. The fourth-order valence-corrected chi connectivity index (χ4v) is 2.57. The molecule has 0 fully saturated rings. The minimum absolute atomic E-state index is 0.209. The summed E-state index contributed by atoms with van der Waals surface area (Å²) in [5, 5.41) is 13.3. The fraction of sp³-hybridized carbons (Fsp3) is 0.217. The van der Waals surface area contributed by atoms with Crippen molar-refractivity contribution in [3.63, 3.8) is 0 Å². The van der Waals surface area contributed by atoms with Crippen molar-refractivity contribution in [3.8, 4) is 11.6 Å². The van der Waals surface area contributed by atoms with E-state index in [1.165, 1.54) is 6.20 Å². The fourth-order valence-electron chi connectivity index (χ4n) is 2.57. The quantitative estimate of drug-likeness (QED) is 0.607. The smallest absolute Gasteiger partial charge is 0.407 e. The summed E-state index contributed by atoms with van der Waals surface area (Å²) in [7, 11) is 0. The second-order valence-electron chi connectivity index (χ2n) is 7.71. The Balaban J connectivity index is 1.62. The van der Waals surface area contributed by atoms with Crippen molar-refractivity contribution in [1.82, 2.24) is 15.5 Å². The Kier molecular flexibility index (Phi) is 6.81. The number of nitrogens with one attached hydrogen (secondary N) is 2. The Labute approximate surface area is 180 Å². The normalized spacial score (nSPS) is 10.8. The van der Waals surface area contributed by atoms with E-state index in [9.17, 15) is 9.59 Å². The molecule has 3 rings (SSSR count). The van der Waals surface area contributed by atoms with Crippen LogP contribution in [-0.4, -0.2) is 27.8 Å². The van der Waals surface area contributed by atoms with Crippen molar-refractivity contribution in [2.75, 3.05) is 5.32 Å². The number of hydrogen-bond acceptors (Lipinski definition) is 6. The Hall–Kier alpha value is -3.94. The molecule has 0 saturated heterocycles. The zero-order valence-electron chi connectivity index (χ0n) is 17.6. The van der Waals surface area contributed by atoms with Gasteiger partial charge in [0.15, 0.2) is 0 Å². The van der Waals surface area contributed by atoms with Crippen LogP contribution in [0.15, 0.2) is 66.9 Å². The van der Waals surface area contributed by atoms with Crippen LogP contribution in [0, 0.1) is 0 Å². The van der Waals surface area contributed by atoms with Gasteiger partial charge in [0, 0.05) is 23.9 Å². The molecule has 0 aliphatic rings. The number of rotatable bonds is 6. The largest absolute Gasteiger partial charge is 0.444 e. The van der Waals surface area contributed by atoms with Crippen LogP contribution < -0.4 is 15.4 Å². The lowest BCUT2D eigenvalue weighted by molar-refractivity contribution is 0.0523. The van der Waals surface area contributed by atoms with Crippen molar-refractivity contribution in [1.29, 1.82) is 0 Å². The van der Waals surface area contributed by atoms with E-state index < -0.39 is 11.7 Å². The maximum Gasteiger partial charge on any atom is 0.407 e. The topological polar surface area (TPSA) is 102 Å². The predicted octanol–water partition coefficient (Wildman–Crippen LogP) is 4.55. The van der Waals surface area contributed by atoms with Gasteiger partial charge in [-0.1, -0.05) is 24.3 Å². The summed E-state index contributed by atoms with van der Waals surface area (Å²) in [6.45, 7) is 5.59. The van der Waals surface area contributed by atoms with Gasteiger partial charge >= 0.3 is 6.09 Å². The molecule has 1 heterocycles. The van der Waals surface area contributed by atoms with Crippen LogP contribution in [0.4, 0.5) is 10.5 Å². The minimum atomic E-state index is -0.577. The molecule has 8 nitrogen and oxygen atoms in total. The maximum absolute atomic E-state index is 12.5. The van der Waals surface area contributed by atoms with Crippen LogP contribution in [0.5, 0.6) is 11.6 Å². The minimum Gasteiger partial charge on any atom is -0.444 e. The van der Waals surface area contributed by atoms with E-state index in [2.05, 4.69) is 20.8 Å². The molecule has 0 aliphatic carbocycles. The Bertz CT molecular complexity index is 1050. The van der Waals surface area contributed by atoms with Crippen molar-refractivity contribution < 1.29 is 19.1 Å². The van der Waals surface area contributed by atoms with E-state index in [4.69, 9.17) is 9.47 Å². The van der Waals surface area contributed by atoms with Crippen LogP contribution >= 0.6 is 0 Å². The van der Waals surface area contributed by atoms with Gasteiger partial charge in [0.25, 0.3) is 5.91 Å². The molecule has 3 aromatic rings. The second kappa shape index (κ2) is 9.71. The lowest BCUT2D eigenvalue weighted by Crippen LogP contribution is -2.32. The summed E-state index contributed by atoms with van der Waals surface area (Å²) in [6, 6.07) is 17.6. The van der Waals surface area contributed by atoms with Crippen molar-refractivity contribution in [2.45, 2.75) is 32.9 Å². The molecule has 0 radical (unpaired) electrons. The molecular weight excluding hydrogens is 396 g/mol. The van der Waals surface area contributed by atoms with E-state index in [1.54, 1.807) is 51.1 Å². The summed E-state index contributed by atoms with van der Waals surface area (Å²) in [4.78, 5) is 24.3. The van der Waals surface area contributed by atoms with E-state index in [0.29, 0.717) is 22.6 Å². The molecule has 0 unspecified atom stereocenters. The highest BCUT2D eigenvalue weighted by atomic mass is 16.6. The van der Waals surface area contributed by atoms with Gasteiger partial charge in [-0.05, 0) is 56.7 Å². The number of benzene rings is 2. The first-order valence-electron chi connectivity index (χ1n) is 9.71. The Morgan fingerprint density at radius 3 is 2.52 bits per heavy atom. The number of nitrogens with zero attached hydrogens (tertiary/aromatic N) is 2. The lowest BCUT2D eigenvalue weighted by Gasteiger charge is -2.19. The van der Waals surface area contributed by atoms with Crippen LogP contribution in [0.1, 0.15) is 36.7 Å². The highest BCUT2D eigenvalue weighted by Crippen LogP contribution is 2.21. The number of ether oxygens (including phenoxy) is 2. The van der Waals surface area contributed by atoms with Gasteiger partial charge in [0.1, 0.15) is 11.4 Å².